The van der Waals surface area contributed by atoms with Crippen molar-refractivity contribution in [3.63, 3.8) is 0 Å². The molecule has 1 fully saturated rings. The molecule has 0 atom stereocenters. The van der Waals surface area contributed by atoms with Crippen molar-refractivity contribution in [2.45, 2.75) is 51.0 Å². The predicted molar refractivity (Wildman–Crippen MR) is 126 cm³/mol. The third-order valence-corrected chi connectivity index (χ3v) is 7.60. The third kappa shape index (κ3) is 5.01. The molecule has 0 radical (unpaired) electrons. The molecule has 0 aliphatic carbocycles. The first-order chi connectivity index (χ1) is 15.4. The number of benzene rings is 1. The van der Waals surface area contributed by atoms with Crippen molar-refractivity contribution in [2.24, 2.45) is 0 Å². The Hall–Kier alpha value is -2.59. The van der Waals surface area contributed by atoms with Gasteiger partial charge < -0.3 is 14.4 Å². The number of hydrogen-bond acceptors (Lipinski definition) is 6. The zero-order valence-corrected chi connectivity index (χ0v) is 21.3. The largest absolute Gasteiger partial charge is 0.493 e. The third-order valence-electron chi connectivity index (χ3n) is 5.70. The van der Waals surface area contributed by atoms with E-state index in [1.165, 1.54) is 30.7 Å². The van der Waals surface area contributed by atoms with E-state index < -0.39 is 10.0 Å². The zero-order chi connectivity index (χ0) is 24.6. The van der Waals surface area contributed by atoms with Crippen molar-refractivity contribution in [2.75, 3.05) is 40.4 Å². The molecule has 182 valence electrons. The molecule has 10 heteroatoms. The lowest BCUT2D eigenvalue weighted by Crippen LogP contribution is -2.50. The topological polar surface area (TPSA) is 94.0 Å². The van der Waals surface area contributed by atoms with Crippen LogP contribution in [0.5, 0.6) is 11.5 Å². The van der Waals surface area contributed by atoms with Crippen LogP contribution in [-0.2, 0) is 15.6 Å². The van der Waals surface area contributed by atoms with Gasteiger partial charge in [0, 0.05) is 37.9 Å². The van der Waals surface area contributed by atoms with E-state index in [0.29, 0.717) is 30.3 Å². The first-order valence-corrected chi connectivity index (χ1v) is 12.5. The summed E-state index contributed by atoms with van der Waals surface area (Å²) in [6, 6.07) is 6.38. The molecule has 1 aromatic carbocycles. The first kappa shape index (κ1) is 25.0. The van der Waals surface area contributed by atoms with E-state index in [2.05, 4.69) is 39.7 Å². The minimum Gasteiger partial charge on any atom is -0.493 e. The Morgan fingerprint density at radius 3 is 2.09 bits per heavy atom. The van der Waals surface area contributed by atoms with Crippen LogP contribution < -0.4 is 9.47 Å². The SMILES string of the molecule is COc1ccc(S(=O)(=O)N2CCN(C(=O)c3cc(C(C)C)n(C(C)(C)C)n3)CC2)cc1OC. The summed E-state index contributed by atoms with van der Waals surface area (Å²) in [6.07, 6.45) is 0. The monoisotopic (exact) mass is 478 g/mol. The number of piperazine rings is 1. The number of aromatic nitrogens is 2. The molecule has 0 unspecified atom stereocenters. The molecule has 0 N–H and O–H groups in total. The van der Waals surface area contributed by atoms with Crippen LogP contribution in [0.1, 0.15) is 56.7 Å². The molecule has 0 bridgehead atoms. The van der Waals surface area contributed by atoms with Crippen molar-refractivity contribution in [3.8, 4) is 11.5 Å². The van der Waals surface area contributed by atoms with Gasteiger partial charge in [-0.25, -0.2) is 8.42 Å². The number of hydrogen-bond donors (Lipinski definition) is 0. The van der Waals surface area contributed by atoms with Gasteiger partial charge in [-0.05, 0) is 44.9 Å². The summed E-state index contributed by atoms with van der Waals surface area (Å²) in [4.78, 5) is 14.9. The van der Waals surface area contributed by atoms with Crippen LogP contribution in [0.4, 0.5) is 0 Å². The van der Waals surface area contributed by atoms with Gasteiger partial charge in [0.15, 0.2) is 17.2 Å². The van der Waals surface area contributed by atoms with Crippen LogP contribution in [-0.4, -0.2) is 73.7 Å². The molecule has 0 saturated carbocycles. The molecule has 2 heterocycles. The van der Waals surface area contributed by atoms with E-state index in [1.807, 2.05) is 10.7 Å². The van der Waals surface area contributed by atoms with Crippen LogP contribution in [0.15, 0.2) is 29.2 Å². The first-order valence-electron chi connectivity index (χ1n) is 11.0. The van der Waals surface area contributed by atoms with E-state index >= 15 is 0 Å². The highest BCUT2D eigenvalue weighted by atomic mass is 32.2. The number of sulfonamides is 1. The standard InChI is InChI=1S/C23H34N4O5S/c1-16(2)19-15-18(24-27(19)23(3,4)5)22(28)25-10-12-26(13-11-25)33(29,30)17-8-9-20(31-6)21(14-17)32-7/h8-9,14-16H,10-13H2,1-7H3. The summed E-state index contributed by atoms with van der Waals surface area (Å²) in [5, 5.41) is 4.60. The van der Waals surface area contributed by atoms with Gasteiger partial charge in [0.2, 0.25) is 10.0 Å². The molecule has 1 aromatic heterocycles. The molecular weight excluding hydrogens is 444 g/mol. The van der Waals surface area contributed by atoms with Crippen LogP contribution in [0.25, 0.3) is 0 Å². The van der Waals surface area contributed by atoms with E-state index in [1.54, 1.807) is 11.0 Å². The Morgan fingerprint density at radius 1 is 1.00 bits per heavy atom. The molecule has 1 aliphatic rings. The highest BCUT2D eigenvalue weighted by Crippen LogP contribution is 2.31. The van der Waals surface area contributed by atoms with Crippen LogP contribution in [0.2, 0.25) is 0 Å². The number of rotatable bonds is 6. The lowest BCUT2D eigenvalue weighted by atomic mass is 10.1. The normalized spacial score (nSPS) is 15.7. The molecule has 1 amide bonds. The number of carbonyl (C=O) groups is 1. The van der Waals surface area contributed by atoms with E-state index in [0.717, 1.165) is 5.69 Å². The van der Waals surface area contributed by atoms with Gasteiger partial charge in [-0.2, -0.15) is 9.40 Å². The molecule has 9 nitrogen and oxygen atoms in total. The Bertz CT molecular complexity index is 1110. The summed E-state index contributed by atoms with van der Waals surface area (Å²) in [5.41, 5.74) is 1.15. The maximum atomic E-state index is 13.1. The number of carbonyl (C=O) groups excluding carboxylic acids is 1. The minimum atomic E-state index is -3.73. The Labute approximate surface area is 196 Å². The summed E-state index contributed by atoms with van der Waals surface area (Å²) >= 11 is 0. The van der Waals surface area contributed by atoms with Gasteiger partial charge in [-0.3, -0.25) is 9.48 Å². The Balaban J connectivity index is 1.75. The minimum absolute atomic E-state index is 0.130. The van der Waals surface area contributed by atoms with E-state index in [9.17, 15) is 13.2 Å². The highest BCUT2D eigenvalue weighted by Gasteiger charge is 2.32. The Kier molecular flexibility index (Phi) is 7.09. The maximum absolute atomic E-state index is 13.1. The average molecular weight is 479 g/mol. The predicted octanol–water partition coefficient (Wildman–Crippen LogP) is 2.93. The van der Waals surface area contributed by atoms with Crippen LogP contribution >= 0.6 is 0 Å². The second kappa shape index (κ2) is 9.34. The summed E-state index contributed by atoms with van der Waals surface area (Å²) in [6.45, 7) is 11.3. The number of methoxy groups -OCH3 is 2. The van der Waals surface area contributed by atoms with E-state index in [4.69, 9.17) is 9.47 Å². The van der Waals surface area contributed by atoms with Gasteiger partial charge in [0.1, 0.15) is 0 Å². The number of nitrogens with zero attached hydrogens (tertiary/aromatic N) is 4. The van der Waals surface area contributed by atoms with Gasteiger partial charge >= 0.3 is 0 Å². The molecule has 1 aliphatic heterocycles. The fraction of sp³-hybridized carbons (Fsp3) is 0.565. The summed E-state index contributed by atoms with van der Waals surface area (Å²) in [5.74, 6) is 0.856. The van der Waals surface area contributed by atoms with Crippen LogP contribution in [0, 0.1) is 0 Å². The fourth-order valence-electron chi connectivity index (χ4n) is 3.87. The second-order valence-electron chi connectivity index (χ2n) is 9.40. The van der Waals surface area contributed by atoms with Gasteiger partial charge in [0.25, 0.3) is 5.91 Å². The smallest absolute Gasteiger partial charge is 0.274 e. The second-order valence-corrected chi connectivity index (χ2v) is 11.3. The highest BCUT2D eigenvalue weighted by molar-refractivity contribution is 7.89. The van der Waals surface area contributed by atoms with Gasteiger partial charge in [-0.15, -0.1) is 0 Å². The molecular formula is C23H34N4O5S. The van der Waals surface area contributed by atoms with Crippen LogP contribution in [0.3, 0.4) is 0 Å². The number of ether oxygens (including phenoxy) is 2. The van der Waals surface area contributed by atoms with E-state index in [-0.39, 0.29) is 35.3 Å². The zero-order valence-electron chi connectivity index (χ0n) is 20.5. The fourth-order valence-corrected chi connectivity index (χ4v) is 5.31. The lowest BCUT2D eigenvalue weighted by Gasteiger charge is -2.33. The molecule has 1 saturated heterocycles. The molecule has 33 heavy (non-hydrogen) atoms. The van der Waals surface area contributed by atoms with Gasteiger partial charge in [-0.1, -0.05) is 13.8 Å². The quantitative estimate of drug-likeness (QED) is 0.634. The van der Waals surface area contributed by atoms with Gasteiger partial charge in [0.05, 0.1) is 24.7 Å². The van der Waals surface area contributed by atoms with Crippen molar-refractivity contribution in [1.29, 1.82) is 0 Å². The average Bonchev–Trinajstić information content (AvgIpc) is 3.25. The van der Waals surface area contributed by atoms with Crippen molar-refractivity contribution in [3.05, 3.63) is 35.7 Å². The molecule has 3 rings (SSSR count). The molecule has 2 aromatic rings. The summed E-state index contributed by atoms with van der Waals surface area (Å²) in [7, 11) is -0.767. The van der Waals surface area contributed by atoms with Crippen molar-refractivity contribution in [1.82, 2.24) is 19.0 Å². The summed E-state index contributed by atoms with van der Waals surface area (Å²) < 4.78 is 40.0. The van der Waals surface area contributed by atoms with Crippen molar-refractivity contribution < 1.29 is 22.7 Å². The molecule has 0 spiro atoms. The van der Waals surface area contributed by atoms with Crippen molar-refractivity contribution >= 4 is 15.9 Å². The lowest BCUT2D eigenvalue weighted by molar-refractivity contribution is 0.0690. The maximum Gasteiger partial charge on any atom is 0.274 e. The number of amides is 1. The Morgan fingerprint density at radius 2 is 1.61 bits per heavy atom.